The normalized spacial score (nSPS) is 23.6. The number of hydrogen-bond acceptors (Lipinski definition) is 3. The summed E-state index contributed by atoms with van der Waals surface area (Å²) in [4.78, 5) is 11.9. The first-order valence-corrected chi connectivity index (χ1v) is 6.73. The predicted octanol–water partition coefficient (Wildman–Crippen LogP) is 2.51. The van der Waals surface area contributed by atoms with Crippen molar-refractivity contribution in [1.82, 2.24) is 5.32 Å². The maximum atomic E-state index is 11.9. The lowest BCUT2D eigenvalue weighted by Gasteiger charge is -2.28. The molecule has 2 unspecified atom stereocenters. The summed E-state index contributed by atoms with van der Waals surface area (Å²) in [6.45, 7) is 3.47. The molecule has 0 saturated carbocycles. The molecule has 1 saturated heterocycles. The van der Waals surface area contributed by atoms with E-state index in [0.717, 1.165) is 24.9 Å². The highest BCUT2D eigenvalue weighted by atomic mass is 16.5. The van der Waals surface area contributed by atoms with Gasteiger partial charge < -0.3 is 10.1 Å². The van der Waals surface area contributed by atoms with Crippen molar-refractivity contribution in [3.63, 3.8) is 0 Å². The quantitative estimate of drug-likeness (QED) is 0.831. The van der Waals surface area contributed by atoms with Crippen molar-refractivity contribution in [2.45, 2.75) is 38.8 Å². The van der Waals surface area contributed by atoms with Gasteiger partial charge in [-0.2, -0.15) is 0 Å². The number of piperidine rings is 1. The Morgan fingerprint density at radius 3 is 2.89 bits per heavy atom. The van der Waals surface area contributed by atoms with Gasteiger partial charge in [0.15, 0.2) is 0 Å². The molecular weight excluding hydrogens is 226 g/mol. The summed E-state index contributed by atoms with van der Waals surface area (Å²) in [6.07, 6.45) is 3.22. The molecule has 0 bridgehead atoms. The van der Waals surface area contributed by atoms with Crippen LogP contribution < -0.4 is 5.32 Å². The van der Waals surface area contributed by atoms with Gasteiger partial charge in [0.1, 0.15) is 12.6 Å². The van der Waals surface area contributed by atoms with E-state index in [1.165, 1.54) is 6.42 Å². The molecule has 3 nitrogen and oxygen atoms in total. The van der Waals surface area contributed by atoms with E-state index in [-0.39, 0.29) is 12.0 Å². The number of carbonyl (C=O) groups excluding carboxylic acids is 1. The largest absolute Gasteiger partial charge is 0.460 e. The maximum Gasteiger partial charge on any atom is 0.323 e. The summed E-state index contributed by atoms with van der Waals surface area (Å²) in [6, 6.07) is 9.68. The molecule has 98 valence electrons. The Kier molecular flexibility index (Phi) is 4.76. The van der Waals surface area contributed by atoms with Crippen LogP contribution in [0.3, 0.4) is 0 Å². The molecule has 0 radical (unpaired) electrons. The number of esters is 1. The first kappa shape index (κ1) is 13.1. The highest BCUT2D eigenvalue weighted by Crippen LogP contribution is 2.20. The van der Waals surface area contributed by atoms with Crippen LogP contribution in [0, 0.1) is 5.92 Å². The van der Waals surface area contributed by atoms with Gasteiger partial charge in [0.25, 0.3) is 0 Å². The lowest BCUT2D eigenvalue weighted by atomic mass is 9.90. The molecular formula is C15H21NO2. The first-order chi connectivity index (χ1) is 8.79. The molecule has 3 heteroatoms. The third-order valence-electron chi connectivity index (χ3n) is 3.60. The standard InChI is InChI=1S/C15H21NO2/c1-2-12-8-9-16-14(10-12)15(17)18-11-13-6-4-3-5-7-13/h3-7,12,14,16H,2,8-11H2,1H3. The maximum absolute atomic E-state index is 11.9. The van der Waals surface area contributed by atoms with Gasteiger partial charge >= 0.3 is 5.97 Å². The highest BCUT2D eigenvalue weighted by molar-refractivity contribution is 5.75. The minimum atomic E-state index is -0.118. The van der Waals surface area contributed by atoms with Crippen molar-refractivity contribution in [3.05, 3.63) is 35.9 Å². The first-order valence-electron chi connectivity index (χ1n) is 6.73. The van der Waals surface area contributed by atoms with Gasteiger partial charge in [-0.05, 0) is 30.9 Å². The molecule has 1 heterocycles. The van der Waals surface area contributed by atoms with Crippen molar-refractivity contribution < 1.29 is 9.53 Å². The number of ether oxygens (including phenoxy) is 1. The summed E-state index contributed by atoms with van der Waals surface area (Å²) in [5.41, 5.74) is 1.04. The Morgan fingerprint density at radius 2 is 2.17 bits per heavy atom. The van der Waals surface area contributed by atoms with Crippen molar-refractivity contribution in [3.8, 4) is 0 Å². The molecule has 1 N–H and O–H groups in total. The van der Waals surface area contributed by atoms with Gasteiger partial charge in [-0.15, -0.1) is 0 Å². The number of rotatable bonds is 4. The van der Waals surface area contributed by atoms with Gasteiger partial charge in [-0.1, -0.05) is 43.7 Å². The van der Waals surface area contributed by atoms with E-state index in [0.29, 0.717) is 12.5 Å². The topological polar surface area (TPSA) is 38.3 Å². The summed E-state index contributed by atoms with van der Waals surface area (Å²) in [7, 11) is 0. The number of nitrogens with one attached hydrogen (secondary N) is 1. The molecule has 18 heavy (non-hydrogen) atoms. The smallest absolute Gasteiger partial charge is 0.323 e. The molecule has 1 aliphatic rings. The molecule has 2 atom stereocenters. The summed E-state index contributed by atoms with van der Waals surface area (Å²) in [5.74, 6) is 0.539. The van der Waals surface area contributed by atoms with Crippen LogP contribution >= 0.6 is 0 Å². The summed E-state index contributed by atoms with van der Waals surface area (Å²) in [5, 5.41) is 3.24. The molecule has 0 spiro atoms. The third kappa shape index (κ3) is 3.57. The van der Waals surface area contributed by atoms with Gasteiger partial charge in [-0.25, -0.2) is 0 Å². The Bertz CT molecular complexity index is 377. The Hall–Kier alpha value is -1.35. The zero-order chi connectivity index (χ0) is 12.8. The van der Waals surface area contributed by atoms with Crippen molar-refractivity contribution >= 4 is 5.97 Å². The van der Waals surface area contributed by atoms with E-state index in [9.17, 15) is 4.79 Å². The lowest BCUT2D eigenvalue weighted by molar-refractivity contribution is -0.148. The van der Waals surface area contributed by atoms with Crippen LogP contribution in [-0.2, 0) is 16.1 Å². The predicted molar refractivity (Wildman–Crippen MR) is 71.0 cm³/mol. The minimum absolute atomic E-state index is 0.114. The van der Waals surface area contributed by atoms with Crippen molar-refractivity contribution in [1.29, 1.82) is 0 Å². The molecule has 1 aromatic carbocycles. The van der Waals surface area contributed by atoms with E-state index in [1.807, 2.05) is 30.3 Å². The number of carbonyl (C=O) groups is 1. The average Bonchev–Trinajstić information content (AvgIpc) is 2.46. The van der Waals surface area contributed by atoms with Crippen LogP contribution in [0.2, 0.25) is 0 Å². The van der Waals surface area contributed by atoms with Crippen molar-refractivity contribution in [2.24, 2.45) is 5.92 Å². The summed E-state index contributed by atoms with van der Waals surface area (Å²) < 4.78 is 5.36. The van der Waals surface area contributed by atoms with Gasteiger partial charge in [0.05, 0.1) is 0 Å². The van der Waals surface area contributed by atoms with Gasteiger partial charge in [-0.3, -0.25) is 4.79 Å². The third-order valence-corrected chi connectivity index (χ3v) is 3.60. The molecule has 0 aliphatic carbocycles. The number of benzene rings is 1. The van der Waals surface area contributed by atoms with Crippen LogP contribution in [0.15, 0.2) is 30.3 Å². The Labute approximate surface area is 109 Å². The second kappa shape index (κ2) is 6.55. The van der Waals surface area contributed by atoms with Gasteiger partial charge in [0, 0.05) is 0 Å². The second-order valence-electron chi connectivity index (χ2n) is 4.90. The fourth-order valence-electron chi connectivity index (χ4n) is 2.38. The van der Waals surface area contributed by atoms with Crippen LogP contribution in [0.5, 0.6) is 0 Å². The van der Waals surface area contributed by atoms with Gasteiger partial charge in [0.2, 0.25) is 0 Å². The highest BCUT2D eigenvalue weighted by Gasteiger charge is 2.26. The van der Waals surface area contributed by atoms with Crippen LogP contribution in [0.25, 0.3) is 0 Å². The fourth-order valence-corrected chi connectivity index (χ4v) is 2.38. The van der Waals surface area contributed by atoms with E-state index in [4.69, 9.17) is 4.74 Å². The van der Waals surface area contributed by atoms with Crippen molar-refractivity contribution in [2.75, 3.05) is 6.54 Å². The van der Waals surface area contributed by atoms with Crippen LogP contribution in [0.1, 0.15) is 31.7 Å². The van der Waals surface area contributed by atoms with Crippen LogP contribution in [0.4, 0.5) is 0 Å². The van der Waals surface area contributed by atoms with E-state index < -0.39 is 0 Å². The molecule has 0 amide bonds. The zero-order valence-electron chi connectivity index (χ0n) is 10.9. The molecule has 1 aromatic rings. The molecule has 2 rings (SSSR count). The number of hydrogen-bond donors (Lipinski definition) is 1. The van der Waals surface area contributed by atoms with E-state index in [2.05, 4.69) is 12.2 Å². The monoisotopic (exact) mass is 247 g/mol. The zero-order valence-corrected chi connectivity index (χ0v) is 10.9. The minimum Gasteiger partial charge on any atom is -0.460 e. The fraction of sp³-hybridized carbons (Fsp3) is 0.533. The Balaban J connectivity index is 1.81. The summed E-state index contributed by atoms with van der Waals surface area (Å²) >= 11 is 0. The van der Waals surface area contributed by atoms with E-state index in [1.54, 1.807) is 0 Å². The average molecular weight is 247 g/mol. The second-order valence-corrected chi connectivity index (χ2v) is 4.90. The molecule has 0 aromatic heterocycles. The molecule has 1 aliphatic heterocycles. The molecule has 1 fully saturated rings. The Morgan fingerprint density at radius 1 is 1.39 bits per heavy atom. The SMILES string of the molecule is CCC1CCNC(C(=O)OCc2ccccc2)C1. The van der Waals surface area contributed by atoms with Crippen LogP contribution in [-0.4, -0.2) is 18.6 Å². The van der Waals surface area contributed by atoms with E-state index >= 15 is 0 Å². The lowest BCUT2D eigenvalue weighted by Crippen LogP contribution is -2.44.